The van der Waals surface area contributed by atoms with E-state index in [9.17, 15) is 18.5 Å². The van der Waals surface area contributed by atoms with E-state index in [1.54, 1.807) is 0 Å². The maximum absolute atomic E-state index is 12.5. The van der Waals surface area contributed by atoms with Crippen molar-refractivity contribution in [2.75, 3.05) is 32.9 Å². The fourth-order valence-electron chi connectivity index (χ4n) is 2.37. The topological polar surface area (TPSA) is 110 Å². The van der Waals surface area contributed by atoms with Crippen LogP contribution >= 0.6 is 11.3 Å². The molecule has 1 aromatic rings. The SMILES string of the molecule is CN(C)C1CCN(S(=O)(=O)c2cc([N+](=O)[O-])c(N)s2)CC1. The molecule has 1 aromatic heterocycles. The zero-order chi connectivity index (χ0) is 15.8. The Balaban J connectivity index is 2.20. The number of piperidine rings is 1. The molecule has 0 bridgehead atoms. The molecule has 1 fully saturated rings. The van der Waals surface area contributed by atoms with Gasteiger partial charge >= 0.3 is 5.69 Å². The first-order chi connectivity index (χ1) is 9.73. The number of rotatable bonds is 4. The van der Waals surface area contributed by atoms with E-state index in [1.165, 1.54) is 4.31 Å². The highest BCUT2D eigenvalue weighted by Crippen LogP contribution is 2.36. The molecule has 0 aliphatic carbocycles. The van der Waals surface area contributed by atoms with E-state index in [0.29, 0.717) is 19.1 Å². The zero-order valence-corrected chi connectivity index (χ0v) is 13.5. The molecule has 0 aromatic carbocycles. The Labute approximate surface area is 127 Å². The number of thiophene rings is 1. The van der Waals surface area contributed by atoms with Crippen LogP contribution in [0.2, 0.25) is 0 Å². The molecule has 8 nitrogen and oxygen atoms in total. The lowest BCUT2D eigenvalue weighted by molar-refractivity contribution is -0.383. The summed E-state index contributed by atoms with van der Waals surface area (Å²) in [6, 6.07) is 1.41. The van der Waals surface area contributed by atoms with Crippen molar-refractivity contribution < 1.29 is 13.3 Å². The van der Waals surface area contributed by atoms with Crippen molar-refractivity contribution in [1.82, 2.24) is 9.21 Å². The third-order valence-electron chi connectivity index (χ3n) is 3.66. The molecule has 0 saturated carbocycles. The van der Waals surface area contributed by atoms with Gasteiger partial charge in [-0.05, 0) is 26.9 Å². The minimum Gasteiger partial charge on any atom is -0.385 e. The molecule has 0 spiro atoms. The summed E-state index contributed by atoms with van der Waals surface area (Å²) in [5, 5.41) is 10.7. The van der Waals surface area contributed by atoms with Crippen molar-refractivity contribution in [2.45, 2.75) is 23.1 Å². The van der Waals surface area contributed by atoms with Crippen LogP contribution in [0.5, 0.6) is 0 Å². The quantitative estimate of drug-likeness (QED) is 0.648. The van der Waals surface area contributed by atoms with Gasteiger partial charge < -0.3 is 10.6 Å². The van der Waals surface area contributed by atoms with Crippen LogP contribution in [-0.4, -0.2) is 55.8 Å². The summed E-state index contributed by atoms with van der Waals surface area (Å²) in [5.41, 5.74) is 5.17. The normalized spacial score (nSPS) is 18.2. The number of nitrogens with zero attached hydrogens (tertiary/aromatic N) is 3. The predicted molar refractivity (Wildman–Crippen MR) is 80.9 cm³/mol. The fraction of sp³-hybridized carbons (Fsp3) is 0.636. The molecule has 10 heteroatoms. The van der Waals surface area contributed by atoms with E-state index in [1.807, 2.05) is 14.1 Å². The standard InChI is InChI=1S/C11H18N4O4S2/c1-13(2)8-3-5-14(6-4-8)21(18,19)10-7-9(15(16)17)11(12)20-10/h7-8H,3-6,12H2,1-2H3. The van der Waals surface area contributed by atoms with Gasteiger partial charge in [-0.1, -0.05) is 11.3 Å². The van der Waals surface area contributed by atoms with E-state index >= 15 is 0 Å². The van der Waals surface area contributed by atoms with E-state index in [0.717, 1.165) is 30.2 Å². The minimum absolute atomic E-state index is 0.0602. The zero-order valence-electron chi connectivity index (χ0n) is 11.9. The second-order valence-electron chi connectivity index (χ2n) is 5.17. The highest BCUT2D eigenvalue weighted by atomic mass is 32.2. The Kier molecular flexibility index (Phi) is 4.51. The largest absolute Gasteiger partial charge is 0.385 e. The van der Waals surface area contributed by atoms with Crippen LogP contribution in [0.3, 0.4) is 0 Å². The Morgan fingerprint density at radius 2 is 2.00 bits per heavy atom. The number of hydrogen-bond donors (Lipinski definition) is 1. The van der Waals surface area contributed by atoms with Crippen LogP contribution in [-0.2, 0) is 10.0 Å². The van der Waals surface area contributed by atoms with Gasteiger partial charge in [-0.15, -0.1) is 0 Å². The van der Waals surface area contributed by atoms with E-state index in [-0.39, 0.29) is 14.9 Å². The average Bonchev–Trinajstić information content (AvgIpc) is 2.82. The van der Waals surface area contributed by atoms with Crippen LogP contribution in [0.15, 0.2) is 10.3 Å². The number of hydrogen-bond acceptors (Lipinski definition) is 7. The molecule has 118 valence electrons. The van der Waals surface area contributed by atoms with E-state index in [2.05, 4.69) is 4.90 Å². The highest BCUT2D eigenvalue weighted by Gasteiger charge is 2.33. The summed E-state index contributed by atoms with van der Waals surface area (Å²) in [6.45, 7) is 0.827. The summed E-state index contributed by atoms with van der Waals surface area (Å²) in [5.74, 6) is 0. The van der Waals surface area contributed by atoms with Crippen molar-refractivity contribution in [1.29, 1.82) is 0 Å². The molecule has 2 rings (SSSR count). The summed E-state index contributed by atoms with van der Waals surface area (Å²) in [7, 11) is 0.243. The van der Waals surface area contributed by atoms with Gasteiger partial charge in [-0.2, -0.15) is 4.31 Å². The third-order valence-corrected chi connectivity index (χ3v) is 6.96. The molecule has 0 atom stereocenters. The molecule has 0 unspecified atom stereocenters. The van der Waals surface area contributed by atoms with Crippen LogP contribution in [0.25, 0.3) is 0 Å². The lowest BCUT2D eigenvalue weighted by atomic mass is 10.1. The molecule has 0 radical (unpaired) electrons. The molecule has 21 heavy (non-hydrogen) atoms. The van der Waals surface area contributed by atoms with Crippen molar-refractivity contribution >= 4 is 32.0 Å². The Bertz CT molecular complexity index is 633. The van der Waals surface area contributed by atoms with Crippen molar-refractivity contribution in [3.8, 4) is 0 Å². The first-order valence-corrected chi connectivity index (χ1v) is 8.69. The second kappa shape index (κ2) is 5.87. The van der Waals surface area contributed by atoms with Gasteiger partial charge in [0.2, 0.25) is 0 Å². The molecule has 0 amide bonds. The molecule has 2 N–H and O–H groups in total. The maximum Gasteiger partial charge on any atom is 0.304 e. The van der Waals surface area contributed by atoms with Gasteiger partial charge in [0.1, 0.15) is 4.21 Å². The lowest BCUT2D eigenvalue weighted by Crippen LogP contribution is -2.44. The molecular formula is C11H18N4O4S2. The maximum atomic E-state index is 12.5. The van der Waals surface area contributed by atoms with E-state index in [4.69, 9.17) is 5.73 Å². The number of nitrogen functional groups attached to an aromatic ring is 1. The van der Waals surface area contributed by atoms with Crippen LogP contribution in [0.4, 0.5) is 10.7 Å². The van der Waals surface area contributed by atoms with Gasteiger partial charge in [0.15, 0.2) is 5.00 Å². The smallest absolute Gasteiger partial charge is 0.304 e. The monoisotopic (exact) mass is 334 g/mol. The molecular weight excluding hydrogens is 316 g/mol. The second-order valence-corrected chi connectivity index (χ2v) is 8.42. The Morgan fingerprint density at radius 3 is 2.43 bits per heavy atom. The number of sulfonamides is 1. The van der Waals surface area contributed by atoms with Crippen molar-refractivity contribution in [3.63, 3.8) is 0 Å². The van der Waals surface area contributed by atoms with Crippen molar-refractivity contribution in [2.24, 2.45) is 0 Å². The van der Waals surface area contributed by atoms with Gasteiger partial charge in [0.05, 0.1) is 4.92 Å². The average molecular weight is 334 g/mol. The Hall–Kier alpha value is -1.23. The fourth-order valence-corrected chi connectivity index (χ4v) is 5.21. The Morgan fingerprint density at radius 1 is 1.43 bits per heavy atom. The van der Waals surface area contributed by atoms with E-state index < -0.39 is 14.9 Å². The first kappa shape index (κ1) is 16.1. The van der Waals surface area contributed by atoms with Crippen LogP contribution in [0, 0.1) is 10.1 Å². The molecule has 2 heterocycles. The minimum atomic E-state index is -3.70. The predicted octanol–water partition coefficient (Wildman–Crippen LogP) is 0.953. The van der Waals surface area contributed by atoms with Gasteiger partial charge in [0.25, 0.3) is 10.0 Å². The highest BCUT2D eigenvalue weighted by molar-refractivity contribution is 7.91. The van der Waals surface area contributed by atoms with Crippen LogP contribution in [0.1, 0.15) is 12.8 Å². The van der Waals surface area contributed by atoms with Gasteiger partial charge in [-0.25, -0.2) is 8.42 Å². The van der Waals surface area contributed by atoms with Crippen molar-refractivity contribution in [3.05, 3.63) is 16.2 Å². The lowest BCUT2D eigenvalue weighted by Gasteiger charge is -2.34. The number of anilines is 1. The molecule has 1 saturated heterocycles. The number of nitro groups is 1. The third kappa shape index (κ3) is 3.18. The first-order valence-electron chi connectivity index (χ1n) is 6.43. The van der Waals surface area contributed by atoms with Gasteiger partial charge in [0, 0.05) is 25.2 Å². The van der Waals surface area contributed by atoms with Crippen LogP contribution < -0.4 is 5.73 Å². The van der Waals surface area contributed by atoms with Gasteiger partial charge in [-0.3, -0.25) is 10.1 Å². The molecule has 1 aliphatic rings. The summed E-state index contributed by atoms with van der Waals surface area (Å²) >= 11 is 0.746. The number of nitrogens with two attached hydrogens (primary N) is 1. The summed E-state index contributed by atoms with van der Waals surface area (Å²) < 4.78 is 26.3. The summed E-state index contributed by atoms with van der Waals surface area (Å²) in [6.07, 6.45) is 1.49. The molecule has 1 aliphatic heterocycles. The summed E-state index contributed by atoms with van der Waals surface area (Å²) in [4.78, 5) is 12.2.